The first-order chi connectivity index (χ1) is 8.04. The highest BCUT2D eigenvalue weighted by Gasteiger charge is 2.38. The summed E-state index contributed by atoms with van der Waals surface area (Å²) >= 11 is 1.29. The number of carbonyl (C=O) groups is 3. The van der Waals surface area contributed by atoms with Crippen molar-refractivity contribution in [2.45, 2.75) is 24.0 Å². The predicted octanol–water partition coefficient (Wildman–Crippen LogP) is 1.06. The van der Waals surface area contributed by atoms with Gasteiger partial charge in [0.15, 0.2) is 11.6 Å². The highest BCUT2D eigenvalue weighted by Crippen LogP contribution is 2.39. The lowest BCUT2D eigenvalue weighted by atomic mass is 9.90. The van der Waals surface area contributed by atoms with Crippen molar-refractivity contribution < 1.29 is 19.1 Å². The Labute approximate surface area is 103 Å². The van der Waals surface area contributed by atoms with Crippen LogP contribution in [0, 0.1) is 0 Å². The van der Waals surface area contributed by atoms with Gasteiger partial charge in [0, 0.05) is 18.3 Å². The summed E-state index contributed by atoms with van der Waals surface area (Å²) in [6.45, 7) is 1.49. The molecule has 4 nitrogen and oxygen atoms in total. The van der Waals surface area contributed by atoms with Gasteiger partial charge in [-0.05, 0) is 25.5 Å². The van der Waals surface area contributed by atoms with Gasteiger partial charge >= 0.3 is 0 Å². The molecule has 2 atom stereocenters. The fraction of sp³-hybridized carbons (Fsp3) is 0.417. The highest BCUT2D eigenvalue weighted by atomic mass is 32.2. The van der Waals surface area contributed by atoms with E-state index in [0.29, 0.717) is 17.6 Å². The van der Waals surface area contributed by atoms with E-state index in [1.807, 2.05) is 0 Å². The lowest BCUT2D eigenvalue weighted by Crippen LogP contribution is -2.33. The molecule has 0 unspecified atom stereocenters. The lowest BCUT2D eigenvalue weighted by Gasteiger charge is -2.30. The van der Waals surface area contributed by atoms with E-state index in [-0.39, 0.29) is 22.6 Å². The smallest absolute Gasteiger partial charge is 0.185 e. The summed E-state index contributed by atoms with van der Waals surface area (Å²) in [5.41, 5.74) is 0.319. The summed E-state index contributed by atoms with van der Waals surface area (Å²) in [5, 5.41) is -0.304. The zero-order chi connectivity index (χ0) is 12.6. The first-order valence-electron chi connectivity index (χ1n) is 5.23. The van der Waals surface area contributed by atoms with E-state index < -0.39 is 5.44 Å². The van der Waals surface area contributed by atoms with Crippen molar-refractivity contribution >= 4 is 29.1 Å². The average molecular weight is 252 g/mol. The Morgan fingerprint density at radius 1 is 1.35 bits per heavy atom. The Morgan fingerprint density at radius 2 is 2.00 bits per heavy atom. The van der Waals surface area contributed by atoms with E-state index in [1.165, 1.54) is 37.9 Å². The second-order valence-corrected chi connectivity index (χ2v) is 5.23. The third kappa shape index (κ3) is 2.12. The molecule has 5 heteroatoms. The van der Waals surface area contributed by atoms with Crippen LogP contribution in [-0.4, -0.2) is 35.1 Å². The van der Waals surface area contributed by atoms with Crippen molar-refractivity contribution in [3.63, 3.8) is 0 Å². The van der Waals surface area contributed by atoms with E-state index in [4.69, 9.17) is 4.74 Å². The molecule has 2 aliphatic rings. The van der Waals surface area contributed by atoms with Crippen LogP contribution in [0.5, 0.6) is 0 Å². The molecule has 0 aromatic carbocycles. The summed E-state index contributed by atoms with van der Waals surface area (Å²) in [5.74, 6) is -0.382. The Hall–Kier alpha value is -1.20. The number of ketones is 3. The summed E-state index contributed by atoms with van der Waals surface area (Å²) in [7, 11) is 1.47. The number of allylic oxidation sites excluding steroid dienone is 3. The molecule has 17 heavy (non-hydrogen) atoms. The molecule has 0 saturated heterocycles. The van der Waals surface area contributed by atoms with E-state index >= 15 is 0 Å². The Bertz CT molecular complexity index is 461. The van der Waals surface area contributed by atoms with Crippen LogP contribution in [0.3, 0.4) is 0 Å². The molecule has 2 rings (SSSR count). The SMILES string of the molecule is CO[C@H]1S[C@H](C(C)=O)CC2=C1C(=O)C=CC2=O. The lowest BCUT2D eigenvalue weighted by molar-refractivity contribution is -0.117. The first-order valence-corrected chi connectivity index (χ1v) is 6.17. The predicted molar refractivity (Wildman–Crippen MR) is 63.7 cm³/mol. The highest BCUT2D eigenvalue weighted by molar-refractivity contribution is 8.01. The number of methoxy groups -OCH3 is 1. The van der Waals surface area contributed by atoms with E-state index in [2.05, 4.69) is 0 Å². The molecule has 90 valence electrons. The van der Waals surface area contributed by atoms with Gasteiger partial charge in [-0.15, -0.1) is 11.8 Å². The maximum atomic E-state index is 11.7. The number of ether oxygens (including phenoxy) is 1. The molecule has 0 spiro atoms. The fourth-order valence-electron chi connectivity index (χ4n) is 1.96. The van der Waals surface area contributed by atoms with Gasteiger partial charge in [0.2, 0.25) is 0 Å². The molecule has 0 radical (unpaired) electrons. The third-order valence-corrected chi connectivity index (χ3v) is 4.36. The van der Waals surface area contributed by atoms with Crippen molar-refractivity contribution in [3.05, 3.63) is 23.3 Å². The third-order valence-electron chi connectivity index (χ3n) is 2.85. The molecule has 1 aliphatic heterocycles. The first kappa shape index (κ1) is 12.3. The quantitative estimate of drug-likeness (QED) is 0.688. The van der Waals surface area contributed by atoms with E-state index in [1.54, 1.807) is 0 Å². The number of hydrogen-bond donors (Lipinski definition) is 0. The molecule has 0 amide bonds. The molecular formula is C12H12O4S. The van der Waals surface area contributed by atoms with E-state index in [0.717, 1.165) is 0 Å². The van der Waals surface area contributed by atoms with Gasteiger partial charge in [0.1, 0.15) is 11.2 Å². The number of thioether (sulfide) groups is 1. The molecule has 0 aromatic rings. The monoisotopic (exact) mass is 252 g/mol. The van der Waals surface area contributed by atoms with Crippen molar-refractivity contribution in [2.24, 2.45) is 0 Å². The molecular weight excluding hydrogens is 240 g/mol. The molecule has 1 heterocycles. The molecule has 0 bridgehead atoms. The number of rotatable bonds is 2. The van der Waals surface area contributed by atoms with Crippen LogP contribution in [0.2, 0.25) is 0 Å². The fourth-order valence-corrected chi connectivity index (χ4v) is 3.21. The van der Waals surface area contributed by atoms with Gasteiger partial charge in [-0.1, -0.05) is 0 Å². The van der Waals surface area contributed by atoms with Crippen LogP contribution in [0.25, 0.3) is 0 Å². The maximum absolute atomic E-state index is 11.7. The molecule has 0 fully saturated rings. The van der Waals surface area contributed by atoms with Gasteiger partial charge in [0.25, 0.3) is 0 Å². The minimum absolute atomic E-state index is 0.00148. The van der Waals surface area contributed by atoms with Crippen LogP contribution in [0.4, 0.5) is 0 Å². The zero-order valence-corrected chi connectivity index (χ0v) is 10.4. The van der Waals surface area contributed by atoms with Crippen molar-refractivity contribution in [1.29, 1.82) is 0 Å². The van der Waals surface area contributed by atoms with Crippen LogP contribution in [0.15, 0.2) is 23.3 Å². The Morgan fingerprint density at radius 3 is 2.59 bits per heavy atom. The Balaban J connectivity index is 2.43. The van der Waals surface area contributed by atoms with Gasteiger partial charge in [-0.2, -0.15) is 0 Å². The average Bonchev–Trinajstić information content (AvgIpc) is 2.32. The minimum atomic E-state index is -0.519. The molecule has 0 aromatic heterocycles. The van der Waals surface area contributed by atoms with Gasteiger partial charge in [-0.3, -0.25) is 14.4 Å². The van der Waals surface area contributed by atoms with Crippen molar-refractivity contribution in [2.75, 3.05) is 7.11 Å². The van der Waals surface area contributed by atoms with Gasteiger partial charge in [-0.25, -0.2) is 0 Å². The van der Waals surface area contributed by atoms with Crippen molar-refractivity contribution in [3.8, 4) is 0 Å². The standard InChI is InChI=1S/C12H12O4S/c1-6(13)10-5-7-8(14)3-4-9(15)11(7)12(16-2)17-10/h3-4,10,12H,5H2,1-2H3/t10-,12-/m0/s1. The Kier molecular flexibility index (Phi) is 3.31. The number of carbonyl (C=O) groups excluding carboxylic acids is 3. The van der Waals surface area contributed by atoms with Gasteiger partial charge in [0.05, 0.1) is 5.25 Å². The van der Waals surface area contributed by atoms with Crippen molar-refractivity contribution in [1.82, 2.24) is 0 Å². The molecule has 1 aliphatic carbocycles. The maximum Gasteiger partial charge on any atom is 0.185 e. The van der Waals surface area contributed by atoms with E-state index in [9.17, 15) is 14.4 Å². The summed E-state index contributed by atoms with van der Waals surface area (Å²) < 4.78 is 5.21. The van der Waals surface area contributed by atoms with Crippen LogP contribution < -0.4 is 0 Å². The van der Waals surface area contributed by atoms with Crippen LogP contribution >= 0.6 is 11.8 Å². The normalized spacial score (nSPS) is 28.4. The minimum Gasteiger partial charge on any atom is -0.366 e. The number of Topliss-reactive ketones (excluding diaryl/α,β-unsaturated/α-hetero) is 1. The second kappa shape index (κ2) is 4.58. The summed E-state index contributed by atoms with van der Waals surface area (Å²) in [4.78, 5) is 34.9. The topological polar surface area (TPSA) is 60.4 Å². The zero-order valence-electron chi connectivity index (χ0n) is 9.56. The molecule has 0 saturated carbocycles. The number of hydrogen-bond acceptors (Lipinski definition) is 5. The summed E-state index contributed by atoms with van der Waals surface area (Å²) in [6, 6.07) is 0. The molecule has 0 N–H and O–H groups in total. The largest absolute Gasteiger partial charge is 0.366 e. The summed E-state index contributed by atoms with van der Waals surface area (Å²) in [6.07, 6.45) is 2.85. The second-order valence-electron chi connectivity index (χ2n) is 3.96. The van der Waals surface area contributed by atoms with Crippen LogP contribution in [-0.2, 0) is 19.1 Å². The van der Waals surface area contributed by atoms with Gasteiger partial charge < -0.3 is 4.74 Å². The van der Waals surface area contributed by atoms with Crippen LogP contribution in [0.1, 0.15) is 13.3 Å².